The van der Waals surface area contributed by atoms with E-state index in [1.165, 1.54) is 16.9 Å². The van der Waals surface area contributed by atoms with Gasteiger partial charge in [0.15, 0.2) is 0 Å². The average molecular weight is 348 g/mol. The second-order valence-electron chi connectivity index (χ2n) is 6.28. The van der Waals surface area contributed by atoms with E-state index in [9.17, 15) is 9.90 Å². The molecule has 1 atom stereocenters. The van der Waals surface area contributed by atoms with E-state index in [-0.39, 0.29) is 12.5 Å². The fourth-order valence-corrected chi connectivity index (χ4v) is 3.52. The molecule has 1 aromatic heterocycles. The maximum absolute atomic E-state index is 12.5. The van der Waals surface area contributed by atoms with Crippen LogP contribution in [-0.4, -0.2) is 41.9 Å². The molecule has 1 aromatic carbocycles. The van der Waals surface area contributed by atoms with Gasteiger partial charge in [0.25, 0.3) is 5.91 Å². The minimum Gasteiger partial charge on any atom is -0.396 e. The highest BCUT2D eigenvalue weighted by Crippen LogP contribution is 2.27. The summed E-state index contributed by atoms with van der Waals surface area (Å²) in [6.07, 6.45) is 0.417. The van der Waals surface area contributed by atoms with E-state index in [1.54, 1.807) is 12.5 Å². The molecule has 0 aliphatic carbocycles. The van der Waals surface area contributed by atoms with Gasteiger partial charge in [-0.15, -0.1) is 11.3 Å². The normalized spacial score (nSPS) is 13.5. The molecule has 0 saturated carbocycles. The number of nitrogens with one attached hydrogen (secondary N) is 1. The first-order valence-electron chi connectivity index (χ1n) is 7.84. The van der Waals surface area contributed by atoms with E-state index in [0.717, 1.165) is 16.1 Å². The summed E-state index contributed by atoms with van der Waals surface area (Å²) in [5, 5.41) is 14.7. The Morgan fingerprint density at radius 3 is 2.79 bits per heavy atom. The second-order valence-corrected chi connectivity index (χ2v) is 7.14. The summed E-state index contributed by atoms with van der Waals surface area (Å²) in [7, 11) is 1.57. The molecule has 0 spiro atoms. The van der Waals surface area contributed by atoms with Gasteiger partial charge in [0.1, 0.15) is 10.7 Å². The van der Waals surface area contributed by atoms with Crippen molar-refractivity contribution in [3.05, 3.63) is 40.4 Å². The van der Waals surface area contributed by atoms with Crippen LogP contribution in [0.2, 0.25) is 0 Å². The van der Waals surface area contributed by atoms with Gasteiger partial charge in [-0.25, -0.2) is 4.98 Å². The molecule has 6 heteroatoms. The van der Waals surface area contributed by atoms with E-state index in [4.69, 9.17) is 4.74 Å². The van der Waals surface area contributed by atoms with Crippen molar-refractivity contribution < 1.29 is 14.6 Å². The van der Waals surface area contributed by atoms with Gasteiger partial charge in [-0.2, -0.15) is 0 Å². The van der Waals surface area contributed by atoms with Crippen LogP contribution in [0.25, 0.3) is 10.6 Å². The Hall–Kier alpha value is -1.76. The van der Waals surface area contributed by atoms with Gasteiger partial charge < -0.3 is 15.2 Å². The quantitative estimate of drug-likeness (QED) is 0.807. The van der Waals surface area contributed by atoms with Crippen molar-refractivity contribution in [2.45, 2.75) is 32.7 Å². The lowest BCUT2D eigenvalue weighted by Gasteiger charge is -2.29. The SMILES string of the molecule is COCC(C)(CCO)NC(=O)c1csc(-c2ccc(C)cc2C)n1. The van der Waals surface area contributed by atoms with Gasteiger partial charge in [-0.05, 0) is 32.8 Å². The minimum absolute atomic E-state index is 0.0228. The smallest absolute Gasteiger partial charge is 0.271 e. The molecular weight excluding hydrogens is 324 g/mol. The second kappa shape index (κ2) is 7.88. The summed E-state index contributed by atoms with van der Waals surface area (Å²) < 4.78 is 5.15. The number of hydrogen-bond acceptors (Lipinski definition) is 5. The molecule has 2 rings (SSSR count). The highest BCUT2D eigenvalue weighted by Gasteiger charge is 2.27. The first kappa shape index (κ1) is 18.6. The van der Waals surface area contributed by atoms with Gasteiger partial charge in [0, 0.05) is 24.7 Å². The lowest BCUT2D eigenvalue weighted by molar-refractivity contribution is 0.0722. The van der Waals surface area contributed by atoms with Gasteiger partial charge >= 0.3 is 0 Å². The van der Waals surface area contributed by atoms with Crippen LogP contribution in [0.3, 0.4) is 0 Å². The molecule has 0 aliphatic rings. The third-order valence-corrected chi connectivity index (χ3v) is 4.77. The van der Waals surface area contributed by atoms with Gasteiger partial charge in [-0.3, -0.25) is 4.79 Å². The first-order valence-corrected chi connectivity index (χ1v) is 8.72. The third kappa shape index (κ3) is 4.41. The van der Waals surface area contributed by atoms with Crippen LogP contribution in [-0.2, 0) is 4.74 Å². The summed E-state index contributed by atoms with van der Waals surface area (Å²) in [4.78, 5) is 17.0. The topological polar surface area (TPSA) is 71.5 Å². The number of rotatable bonds is 7. The van der Waals surface area contributed by atoms with Crippen molar-refractivity contribution in [2.24, 2.45) is 0 Å². The Bertz CT molecular complexity index is 706. The molecule has 130 valence electrons. The Morgan fingerprint density at radius 1 is 1.42 bits per heavy atom. The number of thiazole rings is 1. The zero-order valence-corrected chi connectivity index (χ0v) is 15.4. The zero-order valence-electron chi connectivity index (χ0n) is 14.5. The largest absolute Gasteiger partial charge is 0.396 e. The summed E-state index contributed by atoms with van der Waals surface area (Å²) in [6.45, 7) is 6.25. The molecule has 0 aliphatic heterocycles. The Balaban J connectivity index is 2.19. The van der Waals surface area contributed by atoms with Crippen LogP contribution in [0, 0.1) is 13.8 Å². The number of benzene rings is 1. The lowest BCUT2D eigenvalue weighted by atomic mass is 9.99. The fourth-order valence-electron chi connectivity index (χ4n) is 2.63. The number of carbonyl (C=O) groups excluding carboxylic acids is 1. The van der Waals surface area contributed by atoms with Crippen LogP contribution in [0.5, 0.6) is 0 Å². The molecule has 2 aromatic rings. The zero-order chi connectivity index (χ0) is 17.7. The van der Waals surface area contributed by atoms with E-state index < -0.39 is 5.54 Å². The maximum Gasteiger partial charge on any atom is 0.271 e. The standard InChI is InChI=1S/C18H24N2O3S/c1-12-5-6-14(13(2)9-12)17-19-15(10-24-17)16(22)20-18(3,7-8-21)11-23-4/h5-6,9-10,21H,7-8,11H2,1-4H3,(H,20,22). The Labute approximate surface area is 146 Å². The van der Waals surface area contributed by atoms with Crippen molar-refractivity contribution in [1.29, 1.82) is 0 Å². The number of amides is 1. The number of aryl methyl sites for hydroxylation is 2. The molecule has 0 fully saturated rings. The molecule has 0 radical (unpaired) electrons. The fraction of sp³-hybridized carbons (Fsp3) is 0.444. The van der Waals surface area contributed by atoms with Crippen LogP contribution < -0.4 is 5.32 Å². The van der Waals surface area contributed by atoms with Gasteiger partial charge in [0.05, 0.1) is 12.1 Å². The number of aromatic nitrogens is 1. The van der Waals surface area contributed by atoms with E-state index in [0.29, 0.717) is 18.7 Å². The summed E-state index contributed by atoms with van der Waals surface area (Å²) >= 11 is 1.45. The average Bonchev–Trinajstić information content (AvgIpc) is 2.97. The predicted molar refractivity (Wildman–Crippen MR) is 96.5 cm³/mol. The summed E-state index contributed by atoms with van der Waals surface area (Å²) in [6, 6.07) is 6.18. The van der Waals surface area contributed by atoms with E-state index in [1.807, 2.05) is 26.0 Å². The number of hydrogen-bond donors (Lipinski definition) is 2. The van der Waals surface area contributed by atoms with Gasteiger partial charge in [0.2, 0.25) is 0 Å². The highest BCUT2D eigenvalue weighted by atomic mass is 32.1. The Morgan fingerprint density at radius 2 is 2.17 bits per heavy atom. The molecule has 1 heterocycles. The first-order chi connectivity index (χ1) is 11.4. The molecule has 1 unspecified atom stereocenters. The molecule has 1 amide bonds. The van der Waals surface area contributed by atoms with Gasteiger partial charge in [-0.1, -0.05) is 23.8 Å². The van der Waals surface area contributed by atoms with Crippen molar-refractivity contribution in [1.82, 2.24) is 10.3 Å². The number of aliphatic hydroxyl groups excluding tert-OH is 1. The van der Waals surface area contributed by atoms with Crippen molar-refractivity contribution in [3.8, 4) is 10.6 Å². The third-order valence-electron chi connectivity index (χ3n) is 3.89. The highest BCUT2D eigenvalue weighted by molar-refractivity contribution is 7.13. The van der Waals surface area contributed by atoms with Crippen molar-refractivity contribution in [3.63, 3.8) is 0 Å². The molecular formula is C18H24N2O3S. The molecule has 0 bridgehead atoms. The number of carbonyl (C=O) groups is 1. The predicted octanol–water partition coefficient (Wildman–Crippen LogP) is 2.94. The molecule has 5 nitrogen and oxygen atoms in total. The number of nitrogens with zero attached hydrogens (tertiary/aromatic N) is 1. The number of methoxy groups -OCH3 is 1. The number of aliphatic hydroxyl groups is 1. The minimum atomic E-state index is -0.621. The lowest BCUT2D eigenvalue weighted by Crippen LogP contribution is -2.50. The molecule has 0 saturated heterocycles. The number of ether oxygens (including phenoxy) is 1. The summed E-state index contributed by atoms with van der Waals surface area (Å²) in [5.41, 5.74) is 3.14. The summed E-state index contributed by atoms with van der Waals surface area (Å²) in [5.74, 6) is -0.254. The van der Waals surface area contributed by atoms with Crippen molar-refractivity contribution >= 4 is 17.2 Å². The van der Waals surface area contributed by atoms with E-state index >= 15 is 0 Å². The Kier molecular flexibility index (Phi) is 6.10. The van der Waals surface area contributed by atoms with Crippen LogP contribution >= 0.6 is 11.3 Å². The monoisotopic (exact) mass is 348 g/mol. The van der Waals surface area contributed by atoms with E-state index in [2.05, 4.69) is 23.3 Å². The molecule has 2 N–H and O–H groups in total. The van der Waals surface area contributed by atoms with Crippen LogP contribution in [0.1, 0.15) is 35.0 Å². The molecule has 24 heavy (non-hydrogen) atoms. The maximum atomic E-state index is 12.5. The van der Waals surface area contributed by atoms with Crippen LogP contribution in [0.15, 0.2) is 23.6 Å². The van der Waals surface area contributed by atoms with Crippen molar-refractivity contribution in [2.75, 3.05) is 20.3 Å². The van der Waals surface area contributed by atoms with Crippen LogP contribution in [0.4, 0.5) is 0 Å².